The first-order chi connectivity index (χ1) is 9.82. The lowest BCUT2D eigenvalue weighted by Crippen LogP contribution is -2.27. The average molecular weight is 373 g/mol. The molecule has 0 aliphatic rings. The van der Waals surface area contributed by atoms with Crippen molar-refractivity contribution in [1.82, 2.24) is 4.31 Å². The Bertz CT molecular complexity index is 765. The molecule has 0 amide bonds. The minimum absolute atomic E-state index is 0.0446. The molecule has 0 spiro atoms. The van der Waals surface area contributed by atoms with E-state index in [1.54, 1.807) is 18.2 Å². The number of nitrogens with zero attached hydrogens (tertiary/aromatic N) is 1. The molecular weight excluding hydrogens is 359 g/mol. The van der Waals surface area contributed by atoms with Gasteiger partial charge in [-0.25, -0.2) is 12.8 Å². The van der Waals surface area contributed by atoms with Crippen LogP contribution in [0.2, 0.25) is 0 Å². The van der Waals surface area contributed by atoms with E-state index >= 15 is 0 Å². The molecule has 112 valence electrons. The number of nitrogen functional groups attached to an aromatic ring is 1. The molecular formula is C14H14BrFN2O2S. The molecule has 4 nitrogen and oxygen atoms in total. The molecule has 2 N–H and O–H groups in total. The van der Waals surface area contributed by atoms with Crippen molar-refractivity contribution in [2.24, 2.45) is 0 Å². The van der Waals surface area contributed by atoms with Crippen LogP contribution in [0.25, 0.3) is 0 Å². The predicted octanol–water partition coefficient (Wildman–Crippen LogP) is 2.99. The van der Waals surface area contributed by atoms with Crippen LogP contribution in [-0.2, 0) is 16.6 Å². The largest absolute Gasteiger partial charge is 0.398 e. The van der Waals surface area contributed by atoms with Gasteiger partial charge < -0.3 is 5.73 Å². The van der Waals surface area contributed by atoms with Crippen LogP contribution in [0.5, 0.6) is 0 Å². The van der Waals surface area contributed by atoms with Crippen LogP contribution in [-0.4, -0.2) is 19.8 Å². The smallest absolute Gasteiger partial charge is 0.243 e. The normalized spacial score (nSPS) is 11.8. The Hall–Kier alpha value is -1.44. The molecule has 0 atom stereocenters. The summed E-state index contributed by atoms with van der Waals surface area (Å²) in [6, 6.07) is 10.4. The first-order valence-corrected chi connectivity index (χ1v) is 8.30. The van der Waals surface area contributed by atoms with Crippen molar-refractivity contribution >= 4 is 31.6 Å². The van der Waals surface area contributed by atoms with Crippen LogP contribution in [0.15, 0.2) is 51.8 Å². The second-order valence-corrected chi connectivity index (χ2v) is 7.44. The van der Waals surface area contributed by atoms with E-state index in [4.69, 9.17) is 5.73 Å². The van der Waals surface area contributed by atoms with Gasteiger partial charge in [-0.05, 0) is 40.2 Å². The number of hydrogen-bond acceptors (Lipinski definition) is 3. The van der Waals surface area contributed by atoms with Gasteiger partial charge in [-0.1, -0.05) is 18.2 Å². The number of benzene rings is 2. The molecule has 0 aliphatic carbocycles. The number of halogens is 2. The maximum absolute atomic E-state index is 13.6. The fraction of sp³-hybridized carbons (Fsp3) is 0.143. The van der Waals surface area contributed by atoms with Crippen LogP contribution >= 0.6 is 15.9 Å². The molecule has 0 saturated heterocycles. The van der Waals surface area contributed by atoms with E-state index in [0.717, 1.165) is 4.31 Å². The van der Waals surface area contributed by atoms with E-state index < -0.39 is 15.8 Å². The number of anilines is 1. The van der Waals surface area contributed by atoms with E-state index in [9.17, 15) is 12.8 Å². The van der Waals surface area contributed by atoms with Crippen LogP contribution in [0.1, 0.15) is 5.56 Å². The van der Waals surface area contributed by atoms with Gasteiger partial charge in [-0.2, -0.15) is 4.31 Å². The zero-order valence-electron chi connectivity index (χ0n) is 11.3. The van der Waals surface area contributed by atoms with Gasteiger partial charge in [0.05, 0.1) is 4.90 Å². The zero-order chi connectivity index (χ0) is 15.6. The molecule has 21 heavy (non-hydrogen) atoms. The number of hydrogen-bond donors (Lipinski definition) is 1. The Kier molecular flexibility index (Phi) is 4.65. The van der Waals surface area contributed by atoms with Crippen molar-refractivity contribution in [2.45, 2.75) is 11.4 Å². The average Bonchev–Trinajstić information content (AvgIpc) is 2.44. The summed E-state index contributed by atoms with van der Waals surface area (Å²) in [4.78, 5) is 0.0995. The molecule has 0 radical (unpaired) electrons. The van der Waals surface area contributed by atoms with Crippen molar-refractivity contribution in [2.75, 3.05) is 12.8 Å². The van der Waals surface area contributed by atoms with Gasteiger partial charge in [0.15, 0.2) is 0 Å². The van der Waals surface area contributed by atoms with Crippen molar-refractivity contribution < 1.29 is 12.8 Å². The molecule has 2 rings (SSSR count). The van der Waals surface area contributed by atoms with E-state index in [0.29, 0.717) is 15.7 Å². The van der Waals surface area contributed by atoms with Crippen LogP contribution < -0.4 is 5.73 Å². The molecule has 0 fully saturated rings. The highest BCUT2D eigenvalue weighted by Crippen LogP contribution is 2.25. The van der Waals surface area contributed by atoms with Gasteiger partial charge in [0, 0.05) is 29.3 Å². The Balaban J connectivity index is 2.30. The highest BCUT2D eigenvalue weighted by Gasteiger charge is 2.22. The summed E-state index contributed by atoms with van der Waals surface area (Å²) in [5, 5.41) is 0. The standard InChI is InChI=1S/C14H14BrFN2O2S/c1-18(9-10-4-2-3-5-13(10)16)21(19,20)11-6-7-14(17)12(15)8-11/h2-8H,9,17H2,1H3. The lowest BCUT2D eigenvalue weighted by atomic mass is 10.2. The van der Waals surface area contributed by atoms with Crippen molar-refractivity contribution in [1.29, 1.82) is 0 Å². The molecule has 0 saturated carbocycles. The number of rotatable bonds is 4. The van der Waals surface area contributed by atoms with Crippen molar-refractivity contribution in [3.05, 3.63) is 58.3 Å². The molecule has 0 bridgehead atoms. The Morgan fingerprint density at radius 1 is 1.24 bits per heavy atom. The van der Waals surface area contributed by atoms with Gasteiger partial charge in [0.1, 0.15) is 5.82 Å². The molecule has 2 aromatic carbocycles. The van der Waals surface area contributed by atoms with E-state index in [1.165, 1.54) is 31.3 Å². The first kappa shape index (κ1) is 15.9. The Morgan fingerprint density at radius 3 is 2.52 bits per heavy atom. The Morgan fingerprint density at radius 2 is 1.90 bits per heavy atom. The van der Waals surface area contributed by atoms with Crippen LogP contribution in [0, 0.1) is 5.82 Å². The fourth-order valence-electron chi connectivity index (χ4n) is 1.80. The van der Waals surface area contributed by atoms with E-state index in [2.05, 4.69) is 15.9 Å². The third-order valence-electron chi connectivity index (χ3n) is 3.03. The topological polar surface area (TPSA) is 63.4 Å². The van der Waals surface area contributed by atoms with Gasteiger partial charge in [-0.3, -0.25) is 0 Å². The maximum atomic E-state index is 13.6. The summed E-state index contributed by atoms with van der Waals surface area (Å²) in [6.07, 6.45) is 0. The number of nitrogens with two attached hydrogens (primary N) is 1. The highest BCUT2D eigenvalue weighted by atomic mass is 79.9. The summed E-state index contributed by atoms with van der Waals surface area (Å²) in [7, 11) is -2.30. The Labute approximate surface area is 131 Å². The van der Waals surface area contributed by atoms with Gasteiger partial charge in [0.2, 0.25) is 10.0 Å². The molecule has 2 aromatic rings. The molecule has 0 aliphatic heterocycles. The summed E-state index contributed by atoms with van der Waals surface area (Å²) in [5.74, 6) is -0.432. The highest BCUT2D eigenvalue weighted by molar-refractivity contribution is 9.10. The number of sulfonamides is 1. The maximum Gasteiger partial charge on any atom is 0.243 e. The van der Waals surface area contributed by atoms with Gasteiger partial charge in [0.25, 0.3) is 0 Å². The monoisotopic (exact) mass is 372 g/mol. The van der Waals surface area contributed by atoms with Crippen LogP contribution in [0.4, 0.5) is 10.1 Å². The SMILES string of the molecule is CN(Cc1ccccc1F)S(=O)(=O)c1ccc(N)c(Br)c1. The summed E-state index contributed by atoms with van der Waals surface area (Å²) in [5.41, 5.74) is 6.41. The summed E-state index contributed by atoms with van der Waals surface area (Å²) < 4.78 is 40.1. The second kappa shape index (κ2) is 6.13. The molecule has 7 heteroatoms. The zero-order valence-corrected chi connectivity index (χ0v) is 13.7. The summed E-state index contributed by atoms with van der Waals surface area (Å²) in [6.45, 7) is -0.0446. The lowest BCUT2D eigenvalue weighted by molar-refractivity contribution is 0.456. The minimum atomic E-state index is -3.71. The van der Waals surface area contributed by atoms with Crippen LogP contribution in [0.3, 0.4) is 0 Å². The van der Waals surface area contributed by atoms with E-state index in [-0.39, 0.29) is 11.4 Å². The third kappa shape index (κ3) is 3.42. The van der Waals surface area contributed by atoms with Gasteiger partial charge >= 0.3 is 0 Å². The second-order valence-electron chi connectivity index (χ2n) is 4.54. The van der Waals surface area contributed by atoms with E-state index in [1.807, 2.05) is 0 Å². The third-order valence-corrected chi connectivity index (χ3v) is 5.52. The molecule has 0 heterocycles. The molecule has 0 aromatic heterocycles. The first-order valence-electron chi connectivity index (χ1n) is 6.07. The quantitative estimate of drug-likeness (QED) is 0.839. The fourth-order valence-corrected chi connectivity index (χ4v) is 3.51. The predicted molar refractivity (Wildman–Crippen MR) is 83.6 cm³/mol. The van der Waals surface area contributed by atoms with Crippen molar-refractivity contribution in [3.63, 3.8) is 0 Å². The van der Waals surface area contributed by atoms with Crippen molar-refractivity contribution in [3.8, 4) is 0 Å². The minimum Gasteiger partial charge on any atom is -0.398 e. The van der Waals surface area contributed by atoms with Gasteiger partial charge in [-0.15, -0.1) is 0 Å². The lowest BCUT2D eigenvalue weighted by Gasteiger charge is -2.18. The molecule has 0 unspecified atom stereocenters. The summed E-state index contributed by atoms with van der Waals surface area (Å²) >= 11 is 3.20.